The van der Waals surface area contributed by atoms with Crippen LogP contribution in [0.1, 0.15) is 100 Å². The quantitative estimate of drug-likeness (QED) is 0.0725. The molecule has 0 bridgehead atoms. The topological polar surface area (TPSA) is 241 Å². The molecule has 16 heteroatoms. The van der Waals surface area contributed by atoms with Gasteiger partial charge in [-0.3, -0.25) is 38.2 Å². The molecule has 15 nitrogen and oxygen atoms in total. The van der Waals surface area contributed by atoms with Crippen LogP contribution in [0.15, 0.2) is 97.1 Å². The molecular formula is C45H47N6O9P. The van der Waals surface area contributed by atoms with Gasteiger partial charge in [0.15, 0.2) is 0 Å². The molecule has 5 amide bonds. The summed E-state index contributed by atoms with van der Waals surface area (Å²) in [4.78, 5) is 105. The average molecular weight is 847 g/mol. The fraction of sp³-hybridized carbons (Fsp3) is 0.289. The summed E-state index contributed by atoms with van der Waals surface area (Å²) >= 11 is 0. The summed E-state index contributed by atoms with van der Waals surface area (Å²) < 4.78 is 11.6. The maximum atomic E-state index is 14.7. The van der Waals surface area contributed by atoms with Crippen molar-refractivity contribution >= 4 is 59.2 Å². The van der Waals surface area contributed by atoms with Crippen LogP contribution in [0, 0.1) is 0 Å². The number of carbonyl (C=O) groups is 6. The van der Waals surface area contributed by atoms with Crippen molar-refractivity contribution in [1.82, 2.24) is 20.9 Å². The molecule has 316 valence electrons. The van der Waals surface area contributed by atoms with E-state index in [0.717, 1.165) is 34.2 Å². The predicted molar refractivity (Wildman–Crippen MR) is 228 cm³/mol. The van der Waals surface area contributed by atoms with Crippen LogP contribution in [-0.4, -0.2) is 68.0 Å². The number of primary amides is 1. The van der Waals surface area contributed by atoms with E-state index in [2.05, 4.69) is 34.8 Å². The van der Waals surface area contributed by atoms with Crippen LogP contribution in [0.25, 0.3) is 10.9 Å². The largest absolute Gasteiger partial charge is 0.396 e. The number of carbonyl (C=O) groups excluding carboxylic acids is 6. The van der Waals surface area contributed by atoms with Crippen molar-refractivity contribution in [3.8, 4) is 0 Å². The Hall–Kier alpha value is -6.41. The minimum absolute atomic E-state index is 0.0356. The van der Waals surface area contributed by atoms with Crippen molar-refractivity contribution in [2.45, 2.75) is 82.5 Å². The Labute approximate surface area is 351 Å². The molecule has 0 saturated heterocycles. The van der Waals surface area contributed by atoms with Gasteiger partial charge in [0.05, 0.1) is 11.7 Å². The van der Waals surface area contributed by atoms with Crippen molar-refractivity contribution in [3.63, 3.8) is 0 Å². The number of anilines is 1. The maximum Gasteiger partial charge on any atom is 0.396 e. The third kappa shape index (κ3) is 9.19. The smallest absolute Gasteiger partial charge is 0.370 e. The van der Waals surface area contributed by atoms with Gasteiger partial charge in [0, 0.05) is 29.3 Å². The lowest BCUT2D eigenvalue weighted by atomic mass is 9.91. The molecule has 1 unspecified atom stereocenters. The number of amides is 5. The molecule has 2 aliphatic rings. The predicted octanol–water partition coefficient (Wildman–Crippen LogP) is 4.66. The van der Waals surface area contributed by atoms with Crippen LogP contribution in [-0.2, 0) is 36.6 Å². The minimum atomic E-state index is -5.04. The highest BCUT2D eigenvalue weighted by Crippen LogP contribution is 2.42. The SMILES string of the molecule is CCC(C)c1cc2c3c(c1)C[C@@H](C(=O)N[C@@H](CCC(N)=O)C(=O)NC(c1ccccc1)c1ccccc1)N3C(=O)[C@@H](NC(=O)c1cc3cc(C(=O)P(=O)(O)O)ccc3[nH]1)CC2. The average Bonchev–Trinajstić information content (AvgIpc) is 3.83. The van der Waals surface area contributed by atoms with Gasteiger partial charge in [0.25, 0.3) is 11.4 Å². The summed E-state index contributed by atoms with van der Waals surface area (Å²) in [6, 6.07) is 24.1. The lowest BCUT2D eigenvalue weighted by molar-refractivity contribution is -0.131. The third-order valence-corrected chi connectivity index (χ3v) is 12.3. The van der Waals surface area contributed by atoms with E-state index >= 15 is 0 Å². The van der Waals surface area contributed by atoms with Crippen molar-refractivity contribution in [2.24, 2.45) is 5.73 Å². The van der Waals surface area contributed by atoms with Gasteiger partial charge >= 0.3 is 7.60 Å². The number of nitrogens with one attached hydrogen (secondary N) is 4. The highest BCUT2D eigenvalue weighted by Gasteiger charge is 2.45. The molecule has 4 atom stereocenters. The Bertz CT molecular complexity index is 2530. The lowest BCUT2D eigenvalue weighted by Crippen LogP contribution is -2.57. The Balaban J connectivity index is 1.17. The van der Waals surface area contributed by atoms with Gasteiger partial charge in [0.1, 0.15) is 23.8 Å². The van der Waals surface area contributed by atoms with Gasteiger partial charge in [0.2, 0.25) is 23.6 Å². The van der Waals surface area contributed by atoms with E-state index in [1.807, 2.05) is 72.8 Å². The lowest BCUT2D eigenvalue weighted by Gasteiger charge is -2.30. The number of aromatic nitrogens is 1. The highest BCUT2D eigenvalue weighted by atomic mass is 31.2. The molecule has 0 spiro atoms. The first-order valence-corrected chi connectivity index (χ1v) is 21.8. The summed E-state index contributed by atoms with van der Waals surface area (Å²) in [7, 11) is -5.04. The normalized spacial score (nSPS) is 17.0. The molecule has 0 fully saturated rings. The van der Waals surface area contributed by atoms with Crippen molar-refractivity contribution < 1.29 is 43.1 Å². The van der Waals surface area contributed by atoms with E-state index in [9.17, 15) is 43.1 Å². The van der Waals surface area contributed by atoms with Crippen LogP contribution < -0.4 is 26.6 Å². The molecule has 1 aromatic heterocycles. The van der Waals surface area contributed by atoms with Crippen LogP contribution in [0.5, 0.6) is 0 Å². The summed E-state index contributed by atoms with van der Waals surface area (Å²) in [5.41, 5.74) is 9.27. The van der Waals surface area contributed by atoms with E-state index in [0.29, 0.717) is 23.0 Å². The monoisotopic (exact) mass is 846 g/mol. The summed E-state index contributed by atoms with van der Waals surface area (Å²) in [5.74, 6) is -2.83. The minimum Gasteiger partial charge on any atom is -0.370 e. The van der Waals surface area contributed by atoms with Crippen LogP contribution in [0.3, 0.4) is 0 Å². The molecule has 0 aliphatic carbocycles. The number of fused-ring (bicyclic) bond motifs is 1. The third-order valence-electron chi connectivity index (χ3n) is 11.5. The molecule has 61 heavy (non-hydrogen) atoms. The fourth-order valence-corrected chi connectivity index (χ4v) is 8.60. The number of nitrogens with two attached hydrogens (primary N) is 1. The second-order valence-electron chi connectivity index (χ2n) is 15.7. The van der Waals surface area contributed by atoms with Crippen LogP contribution >= 0.6 is 7.60 Å². The molecule has 4 aromatic carbocycles. The Kier molecular flexibility index (Phi) is 12.4. The van der Waals surface area contributed by atoms with E-state index in [1.54, 1.807) is 0 Å². The van der Waals surface area contributed by atoms with Gasteiger partial charge in [-0.25, -0.2) is 0 Å². The first-order valence-electron chi connectivity index (χ1n) is 20.1. The number of H-pyrrole nitrogens is 1. The molecule has 7 rings (SSSR count). The summed E-state index contributed by atoms with van der Waals surface area (Å²) in [6.45, 7) is 4.17. The van der Waals surface area contributed by atoms with Crippen LogP contribution in [0.4, 0.5) is 5.69 Å². The van der Waals surface area contributed by atoms with Crippen LogP contribution in [0.2, 0.25) is 0 Å². The fourth-order valence-electron chi connectivity index (χ4n) is 8.13. The molecular weight excluding hydrogens is 800 g/mol. The van der Waals surface area contributed by atoms with E-state index in [4.69, 9.17) is 5.73 Å². The van der Waals surface area contributed by atoms with Crippen molar-refractivity contribution in [2.75, 3.05) is 4.90 Å². The number of rotatable bonds is 15. The van der Waals surface area contributed by atoms with Gasteiger partial charge in [-0.1, -0.05) is 86.6 Å². The zero-order chi connectivity index (χ0) is 43.6. The van der Waals surface area contributed by atoms with Crippen molar-refractivity contribution in [3.05, 3.63) is 136 Å². The van der Waals surface area contributed by atoms with E-state index in [-0.39, 0.29) is 42.9 Å². The Morgan fingerprint density at radius 2 is 1.54 bits per heavy atom. The van der Waals surface area contributed by atoms with Gasteiger partial charge in [-0.05, 0) is 83.7 Å². The number of aromatic amines is 1. The summed E-state index contributed by atoms with van der Waals surface area (Å²) in [5, 5.41) is 9.08. The van der Waals surface area contributed by atoms with E-state index < -0.39 is 66.8 Å². The number of hydrogen-bond donors (Lipinski definition) is 7. The van der Waals surface area contributed by atoms with Gasteiger partial charge in [-0.15, -0.1) is 0 Å². The zero-order valence-electron chi connectivity index (χ0n) is 33.6. The maximum absolute atomic E-state index is 14.7. The molecule has 3 heterocycles. The second-order valence-corrected chi connectivity index (χ2v) is 17.1. The molecule has 8 N–H and O–H groups in total. The number of nitrogens with zero attached hydrogens (tertiary/aromatic N) is 1. The zero-order valence-corrected chi connectivity index (χ0v) is 34.5. The number of hydrogen-bond acceptors (Lipinski definition) is 7. The molecule has 0 saturated carbocycles. The van der Waals surface area contributed by atoms with Crippen molar-refractivity contribution in [1.29, 1.82) is 0 Å². The van der Waals surface area contributed by atoms with E-state index in [1.165, 1.54) is 29.2 Å². The van der Waals surface area contributed by atoms with Gasteiger partial charge < -0.3 is 36.5 Å². The highest BCUT2D eigenvalue weighted by molar-refractivity contribution is 7.70. The Morgan fingerprint density at radius 3 is 2.16 bits per heavy atom. The molecule has 5 aromatic rings. The molecule has 2 aliphatic heterocycles. The standard InChI is InChI=1S/C45H47N6O9P/c1-3-25(2)30-20-28-14-17-35(49-42(54)36-23-31-21-29(15-16-33(31)47-36)45(57)61(58,59)60)44(56)51-37(24-32(22-30)40(28)51)43(55)48-34(18-19-38(46)52)41(53)50-39(26-10-6-4-7-11-26)27-12-8-5-9-13-27/h4-13,15-16,20-23,25,34-35,37,39,47H,3,14,17-19,24H2,1-2H3,(H2,46,52)(H,48,55)(H,49,54)(H,50,53)(H2,58,59,60)/t25?,34-,35-,37-/m0/s1. The first-order chi connectivity index (χ1) is 29.1. The Morgan fingerprint density at radius 1 is 0.885 bits per heavy atom. The number of benzene rings is 4. The molecule has 0 radical (unpaired) electrons. The second kappa shape index (κ2) is 17.7. The number of aryl methyl sites for hydroxylation is 1. The van der Waals surface area contributed by atoms with Gasteiger partial charge in [-0.2, -0.15) is 0 Å². The summed E-state index contributed by atoms with van der Waals surface area (Å²) in [6.07, 6.45) is 1.31. The first kappa shape index (κ1) is 42.7.